The highest BCUT2D eigenvalue weighted by Gasteiger charge is 2.11. The third-order valence-electron chi connectivity index (χ3n) is 2.17. The lowest BCUT2D eigenvalue weighted by Gasteiger charge is -1.89. The van der Waals surface area contributed by atoms with E-state index in [1.54, 1.807) is 11.3 Å². The van der Waals surface area contributed by atoms with Gasteiger partial charge in [-0.15, -0.1) is 22.9 Å². The number of furan rings is 1. The fourth-order valence-electron chi connectivity index (χ4n) is 1.40. The summed E-state index contributed by atoms with van der Waals surface area (Å²) in [7, 11) is 0. The molecule has 0 saturated heterocycles. The summed E-state index contributed by atoms with van der Waals surface area (Å²) in [6, 6.07) is 3.91. The largest absolute Gasteiger partial charge is 0.459 e. The van der Waals surface area contributed by atoms with Crippen molar-refractivity contribution in [2.75, 3.05) is 5.88 Å². The molecule has 0 aliphatic rings. The third kappa shape index (κ3) is 2.24. The number of nitrogens with zero attached hydrogens (tertiary/aromatic N) is 1. The van der Waals surface area contributed by atoms with Gasteiger partial charge in [0.05, 0.1) is 5.69 Å². The second-order valence-corrected chi connectivity index (χ2v) is 4.84. The Labute approximate surface area is 97.9 Å². The zero-order valence-corrected chi connectivity index (χ0v) is 10.3. The van der Waals surface area contributed by atoms with Gasteiger partial charge in [-0.05, 0) is 32.4 Å². The van der Waals surface area contributed by atoms with Gasteiger partial charge in [0, 0.05) is 10.8 Å². The van der Waals surface area contributed by atoms with E-state index in [1.807, 2.05) is 26.0 Å². The van der Waals surface area contributed by atoms with Gasteiger partial charge in [-0.3, -0.25) is 0 Å². The van der Waals surface area contributed by atoms with Crippen LogP contribution in [0, 0.1) is 13.8 Å². The van der Waals surface area contributed by atoms with Gasteiger partial charge >= 0.3 is 0 Å². The molecule has 0 radical (unpaired) electrons. The Hall–Kier alpha value is -0.800. The molecule has 0 saturated carbocycles. The van der Waals surface area contributed by atoms with Crippen LogP contribution in [0.2, 0.25) is 0 Å². The minimum Gasteiger partial charge on any atom is -0.459 e. The number of halogens is 1. The van der Waals surface area contributed by atoms with E-state index in [4.69, 9.17) is 16.0 Å². The van der Waals surface area contributed by atoms with E-state index in [9.17, 15) is 0 Å². The fourth-order valence-corrected chi connectivity index (χ4v) is 2.73. The van der Waals surface area contributed by atoms with Gasteiger partial charge in [0.1, 0.15) is 5.76 Å². The van der Waals surface area contributed by atoms with Crippen LogP contribution in [0.5, 0.6) is 0 Å². The van der Waals surface area contributed by atoms with E-state index in [-0.39, 0.29) is 0 Å². The first-order valence-electron chi connectivity index (χ1n) is 4.80. The Morgan fingerprint density at radius 1 is 1.40 bits per heavy atom. The normalized spacial score (nSPS) is 10.9. The summed E-state index contributed by atoms with van der Waals surface area (Å²) in [4.78, 5) is 5.72. The predicted molar refractivity (Wildman–Crippen MR) is 63.7 cm³/mol. The highest BCUT2D eigenvalue weighted by molar-refractivity contribution is 7.15. The number of aryl methyl sites for hydroxylation is 3. The number of rotatable bonds is 3. The van der Waals surface area contributed by atoms with Crippen molar-refractivity contribution in [3.8, 4) is 10.8 Å². The Morgan fingerprint density at radius 2 is 2.20 bits per heavy atom. The van der Waals surface area contributed by atoms with Crippen molar-refractivity contribution >= 4 is 22.9 Å². The van der Waals surface area contributed by atoms with Gasteiger partial charge < -0.3 is 4.42 Å². The third-order valence-corrected chi connectivity index (χ3v) is 3.59. The smallest absolute Gasteiger partial charge is 0.162 e. The molecule has 2 heterocycles. The van der Waals surface area contributed by atoms with Crippen molar-refractivity contribution in [3.63, 3.8) is 0 Å². The molecule has 0 aliphatic heterocycles. The summed E-state index contributed by atoms with van der Waals surface area (Å²) in [5, 5.41) is 0.945. The fraction of sp³-hybridized carbons (Fsp3) is 0.364. The average molecular weight is 242 g/mol. The molecule has 2 rings (SSSR count). The van der Waals surface area contributed by atoms with E-state index < -0.39 is 0 Å². The topological polar surface area (TPSA) is 26.0 Å². The maximum absolute atomic E-state index is 5.72. The van der Waals surface area contributed by atoms with Crippen molar-refractivity contribution in [1.29, 1.82) is 0 Å². The minimum atomic E-state index is 0.639. The minimum absolute atomic E-state index is 0.639. The second-order valence-electron chi connectivity index (χ2n) is 3.38. The molecule has 0 aliphatic carbocycles. The first-order chi connectivity index (χ1) is 7.20. The number of aromatic nitrogens is 1. The van der Waals surface area contributed by atoms with E-state index >= 15 is 0 Å². The van der Waals surface area contributed by atoms with Gasteiger partial charge in [0.15, 0.2) is 10.8 Å². The highest BCUT2D eigenvalue weighted by Crippen LogP contribution is 2.29. The molecule has 4 heteroatoms. The number of thiazole rings is 1. The number of hydrogen-bond donors (Lipinski definition) is 0. The summed E-state index contributed by atoms with van der Waals surface area (Å²) in [6.45, 7) is 3.95. The van der Waals surface area contributed by atoms with Crippen LogP contribution in [0.3, 0.4) is 0 Å². The molecule has 0 unspecified atom stereocenters. The van der Waals surface area contributed by atoms with Crippen LogP contribution in [0.25, 0.3) is 10.8 Å². The SMILES string of the molecule is Cc1ccc(-c2nc(C)c(CCCl)s2)o1. The molecule has 0 aromatic carbocycles. The van der Waals surface area contributed by atoms with E-state index in [0.29, 0.717) is 5.88 Å². The maximum atomic E-state index is 5.72. The van der Waals surface area contributed by atoms with Crippen molar-refractivity contribution in [2.24, 2.45) is 0 Å². The molecule has 2 aromatic rings. The van der Waals surface area contributed by atoms with Crippen molar-refractivity contribution in [3.05, 3.63) is 28.5 Å². The summed E-state index contributed by atoms with van der Waals surface area (Å²) >= 11 is 7.38. The molecule has 80 valence electrons. The molecule has 0 fully saturated rings. The molecule has 0 amide bonds. The molecule has 0 spiro atoms. The summed E-state index contributed by atoms with van der Waals surface area (Å²) in [5.41, 5.74) is 1.06. The van der Waals surface area contributed by atoms with E-state index in [0.717, 1.165) is 28.6 Å². The van der Waals surface area contributed by atoms with Crippen LogP contribution in [0.15, 0.2) is 16.5 Å². The van der Waals surface area contributed by atoms with Crippen LogP contribution in [-0.2, 0) is 6.42 Å². The summed E-state index contributed by atoms with van der Waals surface area (Å²) < 4.78 is 5.53. The van der Waals surface area contributed by atoms with Crippen molar-refractivity contribution < 1.29 is 4.42 Å². The Kier molecular flexibility index (Phi) is 3.12. The molecule has 0 bridgehead atoms. The van der Waals surface area contributed by atoms with Gasteiger partial charge in [-0.2, -0.15) is 0 Å². The number of hydrogen-bond acceptors (Lipinski definition) is 3. The zero-order chi connectivity index (χ0) is 10.8. The lowest BCUT2D eigenvalue weighted by molar-refractivity contribution is 0.548. The quantitative estimate of drug-likeness (QED) is 0.764. The number of alkyl halides is 1. The molecular formula is C11H12ClNOS. The van der Waals surface area contributed by atoms with Gasteiger partial charge in [-0.25, -0.2) is 4.98 Å². The van der Waals surface area contributed by atoms with Crippen molar-refractivity contribution in [1.82, 2.24) is 4.98 Å². The van der Waals surface area contributed by atoms with Gasteiger partial charge in [-0.1, -0.05) is 0 Å². The lowest BCUT2D eigenvalue weighted by Crippen LogP contribution is -1.83. The van der Waals surface area contributed by atoms with Crippen LogP contribution in [0.1, 0.15) is 16.3 Å². The highest BCUT2D eigenvalue weighted by atomic mass is 35.5. The van der Waals surface area contributed by atoms with Crippen molar-refractivity contribution in [2.45, 2.75) is 20.3 Å². The van der Waals surface area contributed by atoms with Crippen LogP contribution in [0.4, 0.5) is 0 Å². The summed E-state index contributed by atoms with van der Waals surface area (Å²) in [6.07, 6.45) is 0.880. The monoisotopic (exact) mass is 241 g/mol. The second kappa shape index (κ2) is 4.37. The molecule has 2 nitrogen and oxygen atoms in total. The summed E-state index contributed by atoms with van der Waals surface area (Å²) in [5.74, 6) is 2.40. The average Bonchev–Trinajstić information content (AvgIpc) is 2.75. The van der Waals surface area contributed by atoms with Gasteiger partial charge in [0.25, 0.3) is 0 Å². The van der Waals surface area contributed by atoms with Crippen LogP contribution in [-0.4, -0.2) is 10.9 Å². The molecule has 15 heavy (non-hydrogen) atoms. The van der Waals surface area contributed by atoms with E-state index in [1.165, 1.54) is 4.88 Å². The zero-order valence-electron chi connectivity index (χ0n) is 8.71. The van der Waals surface area contributed by atoms with Crippen LogP contribution < -0.4 is 0 Å². The predicted octanol–water partition coefficient (Wildman–Crippen LogP) is 3.80. The van der Waals surface area contributed by atoms with E-state index in [2.05, 4.69) is 4.98 Å². The maximum Gasteiger partial charge on any atom is 0.162 e. The molecular weight excluding hydrogens is 230 g/mol. The molecule has 0 atom stereocenters. The molecule has 0 N–H and O–H groups in total. The molecule has 2 aromatic heterocycles. The first kappa shape index (κ1) is 10.7. The lowest BCUT2D eigenvalue weighted by atomic mass is 10.3. The Bertz CT molecular complexity index is 461. The van der Waals surface area contributed by atoms with Gasteiger partial charge in [0.2, 0.25) is 0 Å². The first-order valence-corrected chi connectivity index (χ1v) is 6.15. The Balaban J connectivity index is 2.33. The standard InChI is InChI=1S/C11H12ClNOS/c1-7-3-4-9(14-7)11-13-8(2)10(15-11)5-6-12/h3-4H,5-6H2,1-2H3. The Morgan fingerprint density at radius 3 is 2.80 bits per heavy atom. The van der Waals surface area contributed by atoms with Crippen LogP contribution >= 0.6 is 22.9 Å².